The van der Waals surface area contributed by atoms with Crippen LogP contribution in [0.4, 0.5) is 5.69 Å². The zero-order chi connectivity index (χ0) is 15.7. The third-order valence-electron chi connectivity index (χ3n) is 3.54. The van der Waals surface area contributed by atoms with Crippen LogP contribution in [-0.2, 0) is 0 Å². The van der Waals surface area contributed by atoms with Crippen LogP contribution in [0.15, 0.2) is 18.3 Å². The fraction of sp³-hybridized carbons (Fsp3) is 0.625. The summed E-state index contributed by atoms with van der Waals surface area (Å²) < 4.78 is 0. The number of hydrogen-bond donors (Lipinski definition) is 2. The number of nitrogens with zero attached hydrogens (tertiary/aromatic N) is 2. The molecule has 0 aliphatic heterocycles. The molecule has 1 amide bonds. The fourth-order valence-corrected chi connectivity index (χ4v) is 2.36. The molecule has 0 aliphatic carbocycles. The Morgan fingerprint density at radius 3 is 2.67 bits per heavy atom. The lowest BCUT2D eigenvalue weighted by Crippen LogP contribution is -2.42. The summed E-state index contributed by atoms with van der Waals surface area (Å²) in [4.78, 5) is 18.6. The summed E-state index contributed by atoms with van der Waals surface area (Å²) in [6.45, 7) is 7.38. The third-order valence-corrected chi connectivity index (χ3v) is 3.54. The van der Waals surface area contributed by atoms with Crippen LogP contribution in [0, 0.1) is 0 Å². The first-order chi connectivity index (χ1) is 10.2. The lowest BCUT2D eigenvalue weighted by Gasteiger charge is -2.29. The number of nitrogens with one attached hydrogen (secondary N) is 1. The van der Waals surface area contributed by atoms with E-state index >= 15 is 0 Å². The van der Waals surface area contributed by atoms with E-state index < -0.39 is 0 Å². The second kappa shape index (κ2) is 9.34. The molecular weight excluding hydrogens is 266 g/mol. The van der Waals surface area contributed by atoms with Crippen LogP contribution in [-0.4, -0.2) is 46.6 Å². The van der Waals surface area contributed by atoms with E-state index in [0.717, 1.165) is 31.5 Å². The Balaban J connectivity index is 2.92. The molecule has 0 unspecified atom stereocenters. The van der Waals surface area contributed by atoms with Gasteiger partial charge in [-0.15, -0.1) is 0 Å². The summed E-state index contributed by atoms with van der Waals surface area (Å²) in [5.41, 5.74) is 1.33. The van der Waals surface area contributed by atoms with E-state index in [-0.39, 0.29) is 18.6 Å². The number of amides is 1. The van der Waals surface area contributed by atoms with E-state index in [0.29, 0.717) is 12.2 Å². The second-order valence-electron chi connectivity index (χ2n) is 5.05. The molecule has 0 fully saturated rings. The molecule has 21 heavy (non-hydrogen) atoms. The number of aliphatic hydroxyl groups excluding tert-OH is 1. The Morgan fingerprint density at radius 1 is 1.38 bits per heavy atom. The van der Waals surface area contributed by atoms with Gasteiger partial charge in [0.25, 0.3) is 5.91 Å². The van der Waals surface area contributed by atoms with Crippen LogP contribution >= 0.6 is 0 Å². The van der Waals surface area contributed by atoms with E-state index in [1.807, 2.05) is 6.07 Å². The molecule has 2 N–H and O–H groups in total. The van der Waals surface area contributed by atoms with Crippen LogP contribution in [0.5, 0.6) is 0 Å². The molecule has 118 valence electrons. The molecule has 0 spiro atoms. The Hall–Kier alpha value is -1.62. The van der Waals surface area contributed by atoms with Gasteiger partial charge in [-0.05, 0) is 31.4 Å². The number of hydrogen-bond acceptors (Lipinski definition) is 4. The molecule has 1 rings (SSSR count). The highest BCUT2D eigenvalue weighted by atomic mass is 16.3. The highest BCUT2D eigenvalue weighted by Crippen LogP contribution is 2.15. The normalized spacial score (nSPS) is 10.7. The van der Waals surface area contributed by atoms with Gasteiger partial charge in [0.05, 0.1) is 6.61 Å². The van der Waals surface area contributed by atoms with Gasteiger partial charge in [0, 0.05) is 31.0 Å². The lowest BCUT2D eigenvalue weighted by atomic mass is 10.1. The van der Waals surface area contributed by atoms with E-state index in [4.69, 9.17) is 0 Å². The number of aromatic nitrogens is 1. The van der Waals surface area contributed by atoms with Crippen molar-refractivity contribution in [1.82, 2.24) is 9.88 Å². The van der Waals surface area contributed by atoms with Crippen molar-refractivity contribution >= 4 is 11.6 Å². The summed E-state index contributed by atoms with van der Waals surface area (Å²) in [6, 6.07) is 3.78. The van der Waals surface area contributed by atoms with Crippen molar-refractivity contribution in [2.24, 2.45) is 0 Å². The maximum Gasteiger partial charge on any atom is 0.272 e. The van der Waals surface area contributed by atoms with Crippen molar-refractivity contribution in [3.63, 3.8) is 0 Å². The summed E-state index contributed by atoms with van der Waals surface area (Å²) in [5.74, 6) is -0.113. The van der Waals surface area contributed by atoms with Gasteiger partial charge in [0.1, 0.15) is 5.69 Å². The maximum atomic E-state index is 12.6. The molecule has 0 bridgehead atoms. The number of aliphatic hydroxyl groups is 1. The summed E-state index contributed by atoms with van der Waals surface area (Å²) >= 11 is 0. The molecular formula is C16H27N3O2. The molecule has 1 aromatic heterocycles. The minimum absolute atomic E-state index is 0.0317. The molecule has 0 saturated carbocycles. The van der Waals surface area contributed by atoms with E-state index in [1.54, 1.807) is 17.2 Å². The quantitative estimate of drug-likeness (QED) is 0.734. The third kappa shape index (κ3) is 5.01. The average Bonchev–Trinajstić information content (AvgIpc) is 2.52. The zero-order valence-electron chi connectivity index (χ0n) is 13.3. The molecule has 0 atom stereocenters. The standard InChI is InChI=1S/C16H27N3O2/c1-4-8-17-13-7-9-18-15(12-13)16(21)19(10-11-20)14(5-2)6-3/h7,9,12,14,20H,4-6,8,10-11H2,1-3H3,(H,17,18). The van der Waals surface area contributed by atoms with Crippen molar-refractivity contribution in [2.75, 3.05) is 25.0 Å². The lowest BCUT2D eigenvalue weighted by molar-refractivity contribution is 0.0616. The number of pyridine rings is 1. The zero-order valence-corrected chi connectivity index (χ0v) is 13.3. The molecule has 0 aliphatic rings. The van der Waals surface area contributed by atoms with Crippen LogP contribution in [0.3, 0.4) is 0 Å². The smallest absolute Gasteiger partial charge is 0.272 e. The van der Waals surface area contributed by atoms with Crippen LogP contribution in [0.2, 0.25) is 0 Å². The van der Waals surface area contributed by atoms with Crippen molar-refractivity contribution < 1.29 is 9.90 Å². The Kier molecular flexibility index (Phi) is 7.75. The van der Waals surface area contributed by atoms with Crippen molar-refractivity contribution in [3.8, 4) is 0 Å². The Morgan fingerprint density at radius 2 is 2.10 bits per heavy atom. The van der Waals surface area contributed by atoms with Gasteiger partial charge < -0.3 is 15.3 Å². The molecule has 5 heteroatoms. The van der Waals surface area contributed by atoms with E-state index in [1.165, 1.54) is 0 Å². The fourth-order valence-electron chi connectivity index (χ4n) is 2.36. The monoisotopic (exact) mass is 293 g/mol. The predicted molar refractivity (Wildman–Crippen MR) is 85.5 cm³/mol. The largest absolute Gasteiger partial charge is 0.395 e. The molecule has 1 heterocycles. The summed E-state index contributed by atoms with van der Waals surface area (Å²) in [7, 11) is 0. The van der Waals surface area contributed by atoms with Crippen molar-refractivity contribution in [2.45, 2.75) is 46.1 Å². The first-order valence-electron chi connectivity index (χ1n) is 7.79. The molecule has 5 nitrogen and oxygen atoms in total. The van der Waals surface area contributed by atoms with Gasteiger partial charge in [-0.3, -0.25) is 9.78 Å². The molecule has 0 saturated heterocycles. The first-order valence-corrected chi connectivity index (χ1v) is 7.79. The highest BCUT2D eigenvalue weighted by molar-refractivity contribution is 5.93. The van der Waals surface area contributed by atoms with Crippen molar-refractivity contribution in [1.29, 1.82) is 0 Å². The second-order valence-corrected chi connectivity index (χ2v) is 5.05. The van der Waals surface area contributed by atoms with Gasteiger partial charge >= 0.3 is 0 Å². The van der Waals surface area contributed by atoms with E-state index in [2.05, 4.69) is 31.1 Å². The average molecular weight is 293 g/mol. The van der Waals surface area contributed by atoms with Gasteiger partial charge in [-0.25, -0.2) is 0 Å². The highest BCUT2D eigenvalue weighted by Gasteiger charge is 2.23. The first kappa shape index (κ1) is 17.4. The Labute approximate surface area is 127 Å². The minimum Gasteiger partial charge on any atom is -0.395 e. The molecule has 1 aromatic rings. The van der Waals surface area contributed by atoms with Crippen LogP contribution in [0.25, 0.3) is 0 Å². The van der Waals surface area contributed by atoms with E-state index in [9.17, 15) is 9.90 Å². The van der Waals surface area contributed by atoms with Gasteiger partial charge in [0.2, 0.25) is 0 Å². The van der Waals surface area contributed by atoms with Gasteiger partial charge in [-0.1, -0.05) is 20.8 Å². The number of carbonyl (C=O) groups is 1. The molecule has 0 radical (unpaired) electrons. The topological polar surface area (TPSA) is 65.5 Å². The molecule has 0 aromatic carbocycles. The van der Waals surface area contributed by atoms with Crippen LogP contribution < -0.4 is 5.32 Å². The minimum atomic E-state index is -0.113. The predicted octanol–water partition coefficient (Wildman–Crippen LogP) is 2.53. The van der Waals surface area contributed by atoms with Gasteiger partial charge in [0.15, 0.2) is 0 Å². The number of rotatable bonds is 9. The summed E-state index contributed by atoms with van der Waals surface area (Å²) in [6.07, 6.45) is 4.41. The maximum absolute atomic E-state index is 12.6. The Bertz CT molecular complexity index is 433. The SMILES string of the molecule is CCCNc1ccnc(C(=O)N(CCO)C(CC)CC)c1. The van der Waals surface area contributed by atoms with Crippen molar-refractivity contribution in [3.05, 3.63) is 24.0 Å². The number of carbonyl (C=O) groups excluding carboxylic acids is 1. The summed E-state index contributed by atoms with van der Waals surface area (Å²) in [5, 5.41) is 12.5. The number of anilines is 1. The van der Waals surface area contributed by atoms with Gasteiger partial charge in [-0.2, -0.15) is 0 Å². The van der Waals surface area contributed by atoms with Crippen LogP contribution in [0.1, 0.15) is 50.5 Å².